The zero-order valence-electron chi connectivity index (χ0n) is 13.4. The maximum Gasteiger partial charge on any atom is 0.323 e. The van der Waals surface area contributed by atoms with Crippen LogP contribution in [0.15, 0.2) is 0 Å². The Balaban J connectivity index is 2.89. The predicted molar refractivity (Wildman–Crippen MR) is 83.7 cm³/mol. The molecule has 7 heteroatoms. The molecule has 1 unspecified atom stereocenters. The number of nitrogens with zero attached hydrogens (tertiary/aromatic N) is 3. The molecule has 0 aromatic carbocycles. The summed E-state index contributed by atoms with van der Waals surface area (Å²) in [7, 11) is 0. The number of aliphatic hydroxyl groups is 1. The van der Waals surface area contributed by atoms with Crippen LogP contribution in [0.2, 0.25) is 0 Å². The van der Waals surface area contributed by atoms with Crippen molar-refractivity contribution in [2.45, 2.75) is 46.6 Å². The fraction of sp³-hybridized carbons (Fsp3) is 0.786. The number of ether oxygens (including phenoxy) is 1. The van der Waals surface area contributed by atoms with E-state index in [1.165, 1.54) is 0 Å². The molecule has 0 saturated carbocycles. The van der Waals surface area contributed by atoms with Gasteiger partial charge < -0.3 is 20.5 Å². The number of hydrogen-bond acceptors (Lipinski definition) is 7. The molecule has 0 aliphatic carbocycles. The van der Waals surface area contributed by atoms with Gasteiger partial charge in [0.15, 0.2) is 0 Å². The number of anilines is 2. The van der Waals surface area contributed by atoms with Crippen molar-refractivity contribution in [1.82, 2.24) is 15.0 Å². The Morgan fingerprint density at radius 1 is 1.14 bits per heavy atom. The molecule has 0 amide bonds. The number of aromatic nitrogens is 3. The van der Waals surface area contributed by atoms with Gasteiger partial charge in [-0.3, -0.25) is 0 Å². The average molecular weight is 297 g/mol. The van der Waals surface area contributed by atoms with Crippen LogP contribution in [-0.2, 0) is 0 Å². The van der Waals surface area contributed by atoms with E-state index in [2.05, 4.69) is 39.4 Å². The van der Waals surface area contributed by atoms with Gasteiger partial charge in [-0.1, -0.05) is 20.8 Å². The Morgan fingerprint density at radius 2 is 1.86 bits per heavy atom. The van der Waals surface area contributed by atoms with Gasteiger partial charge in [-0.2, -0.15) is 15.0 Å². The monoisotopic (exact) mass is 297 g/mol. The zero-order valence-corrected chi connectivity index (χ0v) is 13.4. The number of hydrogen-bond donors (Lipinski definition) is 3. The van der Waals surface area contributed by atoms with Gasteiger partial charge in [0.1, 0.15) is 0 Å². The van der Waals surface area contributed by atoms with Gasteiger partial charge in [-0.05, 0) is 25.7 Å². The summed E-state index contributed by atoms with van der Waals surface area (Å²) < 4.78 is 5.49. The molecule has 1 heterocycles. The van der Waals surface area contributed by atoms with E-state index in [0.717, 1.165) is 13.0 Å². The minimum absolute atomic E-state index is 0.103. The molecule has 1 aromatic rings. The molecule has 7 nitrogen and oxygen atoms in total. The maximum atomic E-state index is 9.14. The number of nitrogens with one attached hydrogen (secondary N) is 2. The summed E-state index contributed by atoms with van der Waals surface area (Å²) in [4.78, 5) is 12.8. The summed E-state index contributed by atoms with van der Waals surface area (Å²) in [6.07, 6.45) is 1.54. The fourth-order valence-electron chi connectivity index (χ4n) is 1.79. The van der Waals surface area contributed by atoms with E-state index < -0.39 is 0 Å². The molecule has 3 N–H and O–H groups in total. The Hall–Kier alpha value is -1.63. The van der Waals surface area contributed by atoms with Gasteiger partial charge in [0.05, 0.1) is 6.61 Å². The van der Waals surface area contributed by atoms with Crippen LogP contribution in [-0.4, -0.2) is 45.9 Å². The number of rotatable bonds is 10. The Labute approximate surface area is 126 Å². The van der Waals surface area contributed by atoms with E-state index in [4.69, 9.17) is 9.84 Å². The van der Waals surface area contributed by atoms with Gasteiger partial charge in [0, 0.05) is 19.2 Å². The van der Waals surface area contributed by atoms with Crippen LogP contribution in [0, 0.1) is 5.92 Å². The first-order chi connectivity index (χ1) is 10.1. The highest BCUT2D eigenvalue weighted by atomic mass is 16.5. The Kier molecular flexibility index (Phi) is 7.74. The van der Waals surface area contributed by atoms with Crippen LogP contribution in [0.25, 0.3) is 0 Å². The van der Waals surface area contributed by atoms with Crippen molar-refractivity contribution in [1.29, 1.82) is 0 Å². The molecule has 0 saturated heterocycles. The lowest BCUT2D eigenvalue weighted by molar-refractivity contribution is 0.267. The highest BCUT2D eigenvalue weighted by Gasteiger charge is 2.15. The van der Waals surface area contributed by atoms with E-state index in [1.54, 1.807) is 0 Å². The summed E-state index contributed by atoms with van der Waals surface area (Å²) in [6, 6.07) is 0.419. The molecule has 120 valence electrons. The highest BCUT2D eigenvalue weighted by Crippen LogP contribution is 2.16. The fourth-order valence-corrected chi connectivity index (χ4v) is 1.79. The third-order valence-electron chi connectivity index (χ3n) is 2.94. The third-order valence-corrected chi connectivity index (χ3v) is 2.94. The summed E-state index contributed by atoms with van der Waals surface area (Å²) in [6.45, 7) is 9.61. The highest BCUT2D eigenvalue weighted by molar-refractivity contribution is 5.36. The molecule has 0 aliphatic heterocycles. The molecule has 0 spiro atoms. The summed E-state index contributed by atoms with van der Waals surface area (Å²) in [5.74, 6) is 1.32. The lowest BCUT2D eigenvalue weighted by Gasteiger charge is -2.21. The predicted octanol–water partition coefficient (Wildman–Crippen LogP) is 1.91. The Bertz CT molecular complexity index is 414. The van der Waals surface area contributed by atoms with Crippen LogP contribution in [0.3, 0.4) is 0 Å². The van der Waals surface area contributed by atoms with Gasteiger partial charge in [0.25, 0.3) is 0 Å². The van der Waals surface area contributed by atoms with Crippen molar-refractivity contribution >= 4 is 11.9 Å². The molecular formula is C14H27N5O2. The molecule has 1 atom stereocenters. The van der Waals surface area contributed by atoms with Crippen LogP contribution in [0.5, 0.6) is 6.01 Å². The minimum Gasteiger partial charge on any atom is -0.463 e. The lowest BCUT2D eigenvalue weighted by Crippen LogP contribution is -2.28. The van der Waals surface area contributed by atoms with E-state index in [9.17, 15) is 0 Å². The van der Waals surface area contributed by atoms with E-state index in [-0.39, 0.29) is 12.6 Å². The molecule has 21 heavy (non-hydrogen) atoms. The molecule has 0 radical (unpaired) electrons. The second-order valence-electron chi connectivity index (χ2n) is 5.15. The standard InChI is InChI=1S/C14H27N5O2/c1-5-9-21-14-18-12(15-6-2)17-13(19-14)16-11(7-8-20)10(3)4/h10-11,20H,5-9H2,1-4H3,(H2,15,16,17,18,19). The normalized spacial score (nSPS) is 12.3. The van der Waals surface area contributed by atoms with Gasteiger partial charge >= 0.3 is 6.01 Å². The maximum absolute atomic E-state index is 9.14. The van der Waals surface area contributed by atoms with Gasteiger partial charge in [0.2, 0.25) is 11.9 Å². The van der Waals surface area contributed by atoms with Crippen LogP contribution in [0.1, 0.15) is 40.5 Å². The van der Waals surface area contributed by atoms with Crippen molar-refractivity contribution in [3.05, 3.63) is 0 Å². The summed E-state index contributed by atoms with van der Waals surface area (Å²) in [5, 5.41) is 15.5. The topological polar surface area (TPSA) is 92.2 Å². The first-order valence-electron chi connectivity index (χ1n) is 7.60. The summed E-state index contributed by atoms with van der Waals surface area (Å²) in [5.41, 5.74) is 0. The Morgan fingerprint density at radius 3 is 2.43 bits per heavy atom. The van der Waals surface area contributed by atoms with E-state index >= 15 is 0 Å². The van der Waals surface area contributed by atoms with Crippen molar-refractivity contribution in [3.63, 3.8) is 0 Å². The molecular weight excluding hydrogens is 270 g/mol. The summed E-state index contributed by atoms with van der Waals surface area (Å²) >= 11 is 0. The second kappa shape index (κ2) is 9.33. The van der Waals surface area contributed by atoms with E-state index in [0.29, 0.717) is 36.9 Å². The first kappa shape index (κ1) is 17.4. The second-order valence-corrected chi connectivity index (χ2v) is 5.15. The molecule has 1 rings (SSSR count). The first-order valence-corrected chi connectivity index (χ1v) is 7.60. The third kappa shape index (κ3) is 6.12. The van der Waals surface area contributed by atoms with Crippen molar-refractivity contribution in [3.8, 4) is 6.01 Å². The van der Waals surface area contributed by atoms with E-state index in [1.807, 2.05) is 13.8 Å². The van der Waals surface area contributed by atoms with Crippen molar-refractivity contribution < 1.29 is 9.84 Å². The molecule has 1 aromatic heterocycles. The van der Waals surface area contributed by atoms with Crippen molar-refractivity contribution in [2.24, 2.45) is 5.92 Å². The van der Waals surface area contributed by atoms with Gasteiger partial charge in [-0.15, -0.1) is 0 Å². The minimum atomic E-state index is 0.103. The largest absolute Gasteiger partial charge is 0.463 e. The van der Waals surface area contributed by atoms with Crippen molar-refractivity contribution in [2.75, 3.05) is 30.4 Å². The quantitative estimate of drug-likeness (QED) is 0.607. The lowest BCUT2D eigenvalue weighted by atomic mass is 10.0. The SMILES string of the molecule is CCCOc1nc(NCC)nc(NC(CCO)C(C)C)n1. The zero-order chi connectivity index (χ0) is 15.7. The van der Waals surface area contributed by atoms with Gasteiger partial charge in [-0.25, -0.2) is 0 Å². The van der Waals surface area contributed by atoms with Crippen LogP contribution < -0.4 is 15.4 Å². The molecule has 0 fully saturated rings. The number of aliphatic hydroxyl groups excluding tert-OH is 1. The van der Waals surface area contributed by atoms with Crippen LogP contribution in [0.4, 0.5) is 11.9 Å². The average Bonchev–Trinajstić information content (AvgIpc) is 2.45. The smallest absolute Gasteiger partial charge is 0.323 e. The van der Waals surface area contributed by atoms with Crippen LogP contribution >= 0.6 is 0 Å². The molecule has 0 aliphatic rings. The molecule has 0 bridgehead atoms.